The van der Waals surface area contributed by atoms with E-state index in [9.17, 15) is 5.11 Å². The number of fused-ring (bicyclic) bond motifs is 1. The number of aromatic nitrogens is 1. The lowest BCUT2D eigenvalue weighted by Crippen LogP contribution is -2.30. The maximum atomic E-state index is 9.89. The number of hydrogen-bond acceptors (Lipinski definition) is 4. The zero-order valence-electron chi connectivity index (χ0n) is 10.2. The largest absolute Gasteiger partial charge is 0.387 e. The van der Waals surface area contributed by atoms with Gasteiger partial charge in [0.05, 0.1) is 11.8 Å². The number of aliphatic hydroxyl groups excluding tert-OH is 1. The summed E-state index contributed by atoms with van der Waals surface area (Å²) in [6.07, 6.45) is 2.70. The van der Waals surface area contributed by atoms with E-state index in [-0.39, 0.29) is 6.10 Å². The Kier molecular flexibility index (Phi) is 3.50. The lowest BCUT2D eigenvalue weighted by atomic mass is 10.0. The molecule has 1 aromatic rings. The molecule has 0 saturated heterocycles. The van der Waals surface area contributed by atoms with Gasteiger partial charge < -0.3 is 10.0 Å². The van der Waals surface area contributed by atoms with Crippen molar-refractivity contribution in [2.24, 2.45) is 0 Å². The van der Waals surface area contributed by atoms with Crippen LogP contribution in [0.15, 0.2) is 0 Å². The number of hydrogen-bond donors (Lipinski definition) is 1. The van der Waals surface area contributed by atoms with Gasteiger partial charge in [-0.15, -0.1) is 11.3 Å². The summed E-state index contributed by atoms with van der Waals surface area (Å²) in [5, 5.41) is 11.0. The molecule has 0 radical (unpaired) electrons. The second-order valence-electron chi connectivity index (χ2n) is 4.59. The molecule has 3 nitrogen and oxygen atoms in total. The minimum Gasteiger partial charge on any atom is -0.387 e. The third-order valence-electron chi connectivity index (χ3n) is 3.12. The third kappa shape index (κ3) is 2.09. The standard InChI is InChI=1S/C12H20N2OS/c1-4-14(8(2)3)12-13-11-9(15)6-5-7-10(11)16-12/h8-9,15H,4-7H2,1-3H3. The Morgan fingerprint density at radius 1 is 1.56 bits per heavy atom. The van der Waals surface area contributed by atoms with Crippen molar-refractivity contribution >= 4 is 16.5 Å². The van der Waals surface area contributed by atoms with Gasteiger partial charge in [-0.05, 0) is 40.0 Å². The molecule has 0 aromatic carbocycles. The second kappa shape index (κ2) is 4.72. The van der Waals surface area contributed by atoms with Crippen molar-refractivity contribution in [3.05, 3.63) is 10.6 Å². The first-order valence-corrected chi connectivity index (χ1v) is 6.89. The molecule has 16 heavy (non-hydrogen) atoms. The summed E-state index contributed by atoms with van der Waals surface area (Å²) in [6, 6.07) is 0.467. The van der Waals surface area contributed by atoms with Gasteiger partial charge in [0.2, 0.25) is 0 Å². The van der Waals surface area contributed by atoms with Crippen molar-refractivity contribution < 1.29 is 5.11 Å². The fraction of sp³-hybridized carbons (Fsp3) is 0.750. The number of aryl methyl sites for hydroxylation is 1. The predicted octanol–water partition coefficient (Wildman–Crippen LogP) is 2.75. The Morgan fingerprint density at radius 2 is 2.31 bits per heavy atom. The molecule has 1 unspecified atom stereocenters. The Labute approximate surface area is 101 Å². The average molecular weight is 240 g/mol. The van der Waals surface area contributed by atoms with Gasteiger partial charge in [0.1, 0.15) is 0 Å². The van der Waals surface area contributed by atoms with Crippen LogP contribution in [0, 0.1) is 0 Å². The van der Waals surface area contributed by atoms with Gasteiger partial charge >= 0.3 is 0 Å². The van der Waals surface area contributed by atoms with Crippen LogP contribution in [-0.4, -0.2) is 22.7 Å². The van der Waals surface area contributed by atoms with E-state index in [2.05, 4.69) is 30.7 Å². The molecule has 0 aliphatic heterocycles. The van der Waals surface area contributed by atoms with Crippen LogP contribution in [0.4, 0.5) is 5.13 Å². The van der Waals surface area contributed by atoms with Gasteiger partial charge in [-0.3, -0.25) is 0 Å². The molecule has 0 fully saturated rings. The highest BCUT2D eigenvalue weighted by molar-refractivity contribution is 7.15. The number of aliphatic hydroxyl groups is 1. The second-order valence-corrected chi connectivity index (χ2v) is 5.65. The zero-order valence-corrected chi connectivity index (χ0v) is 11.0. The summed E-state index contributed by atoms with van der Waals surface area (Å²) in [6.45, 7) is 7.48. The van der Waals surface area contributed by atoms with Gasteiger partial charge in [0.15, 0.2) is 5.13 Å². The topological polar surface area (TPSA) is 36.4 Å². The minimum absolute atomic E-state index is 0.334. The van der Waals surface area contributed by atoms with Crippen LogP contribution >= 0.6 is 11.3 Å². The monoisotopic (exact) mass is 240 g/mol. The van der Waals surface area contributed by atoms with E-state index in [1.165, 1.54) is 4.88 Å². The fourth-order valence-electron chi connectivity index (χ4n) is 2.23. The first-order chi connectivity index (χ1) is 7.63. The van der Waals surface area contributed by atoms with Crippen LogP contribution in [0.1, 0.15) is 50.3 Å². The first kappa shape index (κ1) is 11.9. The van der Waals surface area contributed by atoms with E-state index >= 15 is 0 Å². The highest BCUT2D eigenvalue weighted by Crippen LogP contribution is 2.36. The molecule has 1 aliphatic carbocycles. The fourth-order valence-corrected chi connectivity index (χ4v) is 3.58. The normalized spacial score (nSPS) is 19.9. The van der Waals surface area contributed by atoms with E-state index < -0.39 is 0 Å². The number of rotatable bonds is 3. The summed E-state index contributed by atoms with van der Waals surface area (Å²) in [5.74, 6) is 0. The summed E-state index contributed by atoms with van der Waals surface area (Å²) >= 11 is 1.75. The van der Waals surface area contributed by atoms with Crippen LogP contribution in [0.2, 0.25) is 0 Å². The molecular weight excluding hydrogens is 220 g/mol. The third-order valence-corrected chi connectivity index (χ3v) is 4.29. The molecule has 0 spiro atoms. The van der Waals surface area contributed by atoms with E-state index in [4.69, 9.17) is 0 Å². The van der Waals surface area contributed by atoms with Crippen LogP contribution < -0.4 is 4.90 Å². The molecule has 1 aliphatic rings. The molecule has 90 valence electrons. The minimum atomic E-state index is -0.334. The molecule has 1 aromatic heterocycles. The van der Waals surface area contributed by atoms with Gasteiger partial charge in [-0.2, -0.15) is 0 Å². The van der Waals surface area contributed by atoms with Crippen molar-refractivity contribution in [1.82, 2.24) is 4.98 Å². The van der Waals surface area contributed by atoms with Crippen LogP contribution in [0.25, 0.3) is 0 Å². The Morgan fingerprint density at radius 3 is 2.88 bits per heavy atom. The van der Waals surface area contributed by atoms with Gasteiger partial charge in [0, 0.05) is 17.5 Å². The van der Waals surface area contributed by atoms with Crippen LogP contribution in [0.3, 0.4) is 0 Å². The Hall–Kier alpha value is -0.610. The molecule has 0 amide bonds. The summed E-state index contributed by atoms with van der Waals surface area (Å²) in [5.41, 5.74) is 0.936. The molecule has 1 heterocycles. The van der Waals surface area contributed by atoms with Gasteiger partial charge in [0.25, 0.3) is 0 Å². The van der Waals surface area contributed by atoms with Gasteiger partial charge in [-0.1, -0.05) is 0 Å². The molecule has 2 rings (SSSR count). The molecule has 1 atom stereocenters. The summed E-state index contributed by atoms with van der Waals surface area (Å²) < 4.78 is 0. The van der Waals surface area contributed by atoms with E-state index in [1.54, 1.807) is 11.3 Å². The molecule has 0 bridgehead atoms. The molecule has 1 N–H and O–H groups in total. The predicted molar refractivity (Wildman–Crippen MR) is 68.2 cm³/mol. The van der Waals surface area contributed by atoms with Crippen molar-refractivity contribution in [2.45, 2.75) is 52.2 Å². The number of nitrogens with zero attached hydrogens (tertiary/aromatic N) is 2. The van der Waals surface area contributed by atoms with Crippen molar-refractivity contribution in [1.29, 1.82) is 0 Å². The lowest BCUT2D eigenvalue weighted by molar-refractivity contribution is 0.153. The average Bonchev–Trinajstić information content (AvgIpc) is 2.63. The summed E-state index contributed by atoms with van der Waals surface area (Å²) in [7, 11) is 0. The molecule has 0 saturated carbocycles. The quantitative estimate of drug-likeness (QED) is 0.882. The summed E-state index contributed by atoms with van der Waals surface area (Å²) in [4.78, 5) is 8.19. The van der Waals surface area contributed by atoms with Crippen molar-refractivity contribution in [3.63, 3.8) is 0 Å². The smallest absolute Gasteiger partial charge is 0.186 e. The Bertz CT molecular complexity index is 362. The zero-order chi connectivity index (χ0) is 11.7. The van der Waals surface area contributed by atoms with Crippen molar-refractivity contribution in [3.8, 4) is 0 Å². The maximum absolute atomic E-state index is 9.89. The maximum Gasteiger partial charge on any atom is 0.186 e. The molecular formula is C12H20N2OS. The Balaban J connectivity index is 2.29. The lowest BCUT2D eigenvalue weighted by Gasteiger charge is -2.24. The molecule has 4 heteroatoms. The number of thiazole rings is 1. The van der Waals surface area contributed by atoms with Crippen LogP contribution in [-0.2, 0) is 6.42 Å². The highest BCUT2D eigenvalue weighted by Gasteiger charge is 2.24. The highest BCUT2D eigenvalue weighted by atomic mass is 32.1. The van der Waals surface area contributed by atoms with E-state index in [1.807, 2.05) is 0 Å². The van der Waals surface area contributed by atoms with E-state index in [0.717, 1.165) is 36.6 Å². The van der Waals surface area contributed by atoms with Crippen molar-refractivity contribution in [2.75, 3.05) is 11.4 Å². The van der Waals surface area contributed by atoms with Gasteiger partial charge in [-0.25, -0.2) is 4.98 Å². The van der Waals surface area contributed by atoms with Crippen LogP contribution in [0.5, 0.6) is 0 Å². The number of anilines is 1. The van der Waals surface area contributed by atoms with E-state index in [0.29, 0.717) is 6.04 Å². The first-order valence-electron chi connectivity index (χ1n) is 6.07. The SMILES string of the molecule is CCN(c1nc2c(s1)CCCC2O)C(C)C.